The first-order valence-electron chi connectivity index (χ1n) is 8.54. The van der Waals surface area contributed by atoms with Crippen LogP contribution in [0.2, 0.25) is 0 Å². The molecule has 2 N–H and O–H groups in total. The highest BCUT2D eigenvalue weighted by molar-refractivity contribution is 7.07. The maximum Gasteiger partial charge on any atom is 0.319 e. The second kappa shape index (κ2) is 8.31. The summed E-state index contributed by atoms with van der Waals surface area (Å²) >= 11 is 1.76. The van der Waals surface area contributed by atoms with Gasteiger partial charge in [-0.1, -0.05) is 12.1 Å². The van der Waals surface area contributed by atoms with Crippen molar-refractivity contribution in [2.24, 2.45) is 5.92 Å². The largest absolute Gasteiger partial charge is 0.338 e. The van der Waals surface area contributed by atoms with Gasteiger partial charge in [0.2, 0.25) is 0 Å². The Morgan fingerprint density at radius 2 is 2.12 bits per heavy atom. The molecule has 1 saturated heterocycles. The lowest BCUT2D eigenvalue weighted by Gasteiger charge is -2.31. The summed E-state index contributed by atoms with van der Waals surface area (Å²) in [6.07, 6.45) is 2.30. The van der Waals surface area contributed by atoms with Gasteiger partial charge in [0.15, 0.2) is 0 Å². The number of hydrogen-bond acceptors (Lipinski definition) is 3. The van der Waals surface area contributed by atoms with Crippen molar-refractivity contribution in [3.05, 3.63) is 52.2 Å². The molecule has 4 nitrogen and oxygen atoms in total. The van der Waals surface area contributed by atoms with E-state index in [1.54, 1.807) is 11.3 Å². The molecule has 1 aliphatic heterocycles. The standard InChI is InChI=1S/C19H25N3OS/c1-15-3-2-4-18(11-15)21-19(23)20-12-16-5-8-22(9-6-16)13-17-7-10-24-14-17/h2-4,7,10-11,14,16H,5-6,8-9,12-13H2,1H3,(H2,20,21,23). The topological polar surface area (TPSA) is 44.4 Å². The van der Waals surface area contributed by atoms with Crippen molar-refractivity contribution in [1.82, 2.24) is 10.2 Å². The smallest absolute Gasteiger partial charge is 0.319 e. The van der Waals surface area contributed by atoms with Crippen molar-refractivity contribution in [3.8, 4) is 0 Å². The Morgan fingerprint density at radius 1 is 1.29 bits per heavy atom. The minimum Gasteiger partial charge on any atom is -0.338 e. The molecule has 0 atom stereocenters. The quantitative estimate of drug-likeness (QED) is 0.859. The Morgan fingerprint density at radius 3 is 2.83 bits per heavy atom. The normalized spacial score (nSPS) is 16.0. The van der Waals surface area contributed by atoms with Gasteiger partial charge in [0.1, 0.15) is 0 Å². The molecule has 1 aromatic carbocycles. The fourth-order valence-corrected chi connectivity index (χ4v) is 3.78. The summed E-state index contributed by atoms with van der Waals surface area (Å²) in [4.78, 5) is 14.5. The van der Waals surface area contributed by atoms with Gasteiger partial charge in [-0.15, -0.1) is 0 Å². The summed E-state index contributed by atoms with van der Waals surface area (Å²) < 4.78 is 0. The highest BCUT2D eigenvalue weighted by atomic mass is 32.1. The number of likely N-dealkylation sites (tertiary alicyclic amines) is 1. The van der Waals surface area contributed by atoms with Crippen molar-refractivity contribution in [2.75, 3.05) is 25.0 Å². The van der Waals surface area contributed by atoms with Crippen LogP contribution in [-0.2, 0) is 6.54 Å². The van der Waals surface area contributed by atoms with Gasteiger partial charge in [-0.3, -0.25) is 4.90 Å². The minimum absolute atomic E-state index is 0.110. The average Bonchev–Trinajstić information content (AvgIpc) is 3.07. The van der Waals surface area contributed by atoms with E-state index < -0.39 is 0 Å². The number of carbonyl (C=O) groups excluding carboxylic acids is 1. The summed E-state index contributed by atoms with van der Waals surface area (Å²) in [6.45, 7) is 6.05. The summed E-state index contributed by atoms with van der Waals surface area (Å²) in [5.41, 5.74) is 3.40. The van der Waals surface area contributed by atoms with Crippen molar-refractivity contribution in [1.29, 1.82) is 0 Å². The number of nitrogens with zero attached hydrogens (tertiary/aromatic N) is 1. The fourth-order valence-electron chi connectivity index (χ4n) is 3.12. The number of piperidine rings is 1. The van der Waals surface area contributed by atoms with Crippen LogP contribution in [0.15, 0.2) is 41.1 Å². The maximum absolute atomic E-state index is 12.0. The Kier molecular flexibility index (Phi) is 5.88. The van der Waals surface area contributed by atoms with Crippen LogP contribution in [0.4, 0.5) is 10.5 Å². The van der Waals surface area contributed by atoms with E-state index in [0.717, 1.165) is 50.3 Å². The van der Waals surface area contributed by atoms with E-state index in [-0.39, 0.29) is 6.03 Å². The fraction of sp³-hybridized carbons (Fsp3) is 0.421. The van der Waals surface area contributed by atoms with Crippen LogP contribution in [0.5, 0.6) is 0 Å². The van der Waals surface area contributed by atoms with E-state index >= 15 is 0 Å². The van der Waals surface area contributed by atoms with Crippen LogP contribution < -0.4 is 10.6 Å². The molecule has 24 heavy (non-hydrogen) atoms. The first kappa shape index (κ1) is 17.0. The molecule has 1 aliphatic rings. The molecule has 2 aromatic rings. The number of amides is 2. The van der Waals surface area contributed by atoms with Crippen LogP contribution in [0, 0.1) is 12.8 Å². The molecule has 1 aromatic heterocycles. The van der Waals surface area contributed by atoms with Crippen molar-refractivity contribution in [3.63, 3.8) is 0 Å². The second-order valence-electron chi connectivity index (χ2n) is 6.56. The molecule has 0 radical (unpaired) electrons. The van der Waals surface area contributed by atoms with Gasteiger partial charge in [0.25, 0.3) is 0 Å². The van der Waals surface area contributed by atoms with Gasteiger partial charge in [-0.2, -0.15) is 11.3 Å². The van der Waals surface area contributed by atoms with E-state index in [9.17, 15) is 4.79 Å². The molecule has 0 bridgehead atoms. The summed E-state index contributed by atoms with van der Waals surface area (Å²) in [6, 6.07) is 9.95. The number of nitrogens with one attached hydrogen (secondary N) is 2. The summed E-state index contributed by atoms with van der Waals surface area (Å²) in [5.74, 6) is 0.576. The third kappa shape index (κ3) is 5.08. The maximum atomic E-state index is 12.0. The lowest BCUT2D eigenvalue weighted by Crippen LogP contribution is -2.39. The number of thiophene rings is 1. The number of anilines is 1. The molecular weight excluding hydrogens is 318 g/mol. The molecule has 0 spiro atoms. The molecule has 2 amide bonds. The first-order chi connectivity index (χ1) is 11.7. The lowest BCUT2D eigenvalue weighted by atomic mass is 9.96. The molecule has 0 aliphatic carbocycles. The van der Waals surface area contributed by atoms with Gasteiger partial charge in [-0.25, -0.2) is 4.79 Å². The van der Waals surface area contributed by atoms with E-state index in [0.29, 0.717) is 5.92 Å². The van der Waals surface area contributed by atoms with Crippen LogP contribution in [-0.4, -0.2) is 30.6 Å². The lowest BCUT2D eigenvalue weighted by molar-refractivity contribution is 0.176. The van der Waals surface area contributed by atoms with E-state index in [2.05, 4.69) is 32.4 Å². The third-order valence-electron chi connectivity index (χ3n) is 4.52. The van der Waals surface area contributed by atoms with Gasteiger partial charge in [0, 0.05) is 18.8 Å². The third-order valence-corrected chi connectivity index (χ3v) is 5.25. The van der Waals surface area contributed by atoms with Crippen LogP contribution >= 0.6 is 11.3 Å². The zero-order valence-electron chi connectivity index (χ0n) is 14.1. The predicted molar refractivity (Wildman–Crippen MR) is 101 cm³/mol. The SMILES string of the molecule is Cc1cccc(NC(=O)NCC2CCN(Cc3ccsc3)CC2)c1. The van der Waals surface area contributed by atoms with Crippen LogP contribution in [0.1, 0.15) is 24.0 Å². The molecule has 3 rings (SSSR count). The summed E-state index contributed by atoms with van der Waals surface area (Å²) in [7, 11) is 0. The number of hydrogen-bond donors (Lipinski definition) is 2. The Bertz CT molecular complexity index is 648. The molecule has 0 saturated carbocycles. The average molecular weight is 343 g/mol. The zero-order valence-corrected chi connectivity index (χ0v) is 14.9. The first-order valence-corrected chi connectivity index (χ1v) is 9.48. The Balaban J connectivity index is 1.36. The van der Waals surface area contributed by atoms with Crippen LogP contribution in [0.25, 0.3) is 0 Å². The van der Waals surface area contributed by atoms with Gasteiger partial charge in [-0.05, 0) is 78.9 Å². The highest BCUT2D eigenvalue weighted by Crippen LogP contribution is 2.19. The molecule has 0 unspecified atom stereocenters. The molecule has 1 fully saturated rings. The number of benzene rings is 1. The number of urea groups is 1. The zero-order chi connectivity index (χ0) is 16.8. The second-order valence-corrected chi connectivity index (χ2v) is 7.34. The highest BCUT2D eigenvalue weighted by Gasteiger charge is 2.19. The molecule has 2 heterocycles. The van der Waals surface area contributed by atoms with E-state index in [1.165, 1.54) is 5.56 Å². The van der Waals surface area contributed by atoms with Crippen LogP contribution in [0.3, 0.4) is 0 Å². The molecular formula is C19H25N3OS. The monoisotopic (exact) mass is 343 g/mol. The van der Waals surface area contributed by atoms with Gasteiger partial charge in [0.05, 0.1) is 0 Å². The van der Waals surface area contributed by atoms with Gasteiger partial charge < -0.3 is 10.6 Å². The number of carbonyl (C=O) groups is 1. The number of aryl methyl sites for hydroxylation is 1. The minimum atomic E-state index is -0.110. The summed E-state index contributed by atoms with van der Waals surface area (Å²) in [5, 5.41) is 10.3. The van der Waals surface area contributed by atoms with Crippen molar-refractivity contribution < 1.29 is 4.79 Å². The van der Waals surface area contributed by atoms with Gasteiger partial charge >= 0.3 is 6.03 Å². The number of rotatable bonds is 5. The Labute approximate surface area is 147 Å². The van der Waals surface area contributed by atoms with Crippen molar-refractivity contribution in [2.45, 2.75) is 26.3 Å². The van der Waals surface area contributed by atoms with Crippen molar-refractivity contribution >= 4 is 23.1 Å². The molecule has 5 heteroatoms. The van der Waals surface area contributed by atoms with E-state index in [1.807, 2.05) is 31.2 Å². The predicted octanol–water partition coefficient (Wildman–Crippen LogP) is 4.09. The molecule has 128 valence electrons. The Hall–Kier alpha value is -1.85. The van der Waals surface area contributed by atoms with E-state index in [4.69, 9.17) is 0 Å².